The monoisotopic (exact) mass is 425 g/mol. The minimum Gasteiger partial charge on any atom is -0.362 e. The average molecular weight is 426 g/mol. The molecule has 0 saturated heterocycles. The van der Waals surface area contributed by atoms with Gasteiger partial charge >= 0.3 is 0 Å². The van der Waals surface area contributed by atoms with E-state index in [-0.39, 0.29) is 11.4 Å². The Kier molecular flexibility index (Phi) is 6.87. The Morgan fingerprint density at radius 2 is 1.77 bits per heavy atom. The average Bonchev–Trinajstić information content (AvgIpc) is 2.69. The lowest BCUT2D eigenvalue weighted by Gasteiger charge is -2.26. The molecule has 4 nitrogen and oxygen atoms in total. The second-order valence-corrected chi connectivity index (χ2v) is 8.60. The van der Waals surface area contributed by atoms with Crippen LogP contribution in [0.15, 0.2) is 47.3 Å². The first-order valence-electron chi connectivity index (χ1n) is 10.1. The molecule has 0 fully saturated rings. The van der Waals surface area contributed by atoms with Crippen LogP contribution in [0.25, 0.3) is 10.9 Å². The number of pyridine rings is 1. The lowest BCUT2D eigenvalue weighted by Crippen LogP contribution is -2.41. The fraction of sp³-hybridized carbons (Fsp3) is 0.333. The van der Waals surface area contributed by atoms with Gasteiger partial charge in [0.2, 0.25) is 0 Å². The number of hydrogen-bond donors (Lipinski definition) is 2. The molecule has 0 radical (unpaired) electrons. The molecule has 1 aromatic heterocycles. The summed E-state index contributed by atoms with van der Waals surface area (Å²) in [6.45, 7) is 9.89. The van der Waals surface area contributed by atoms with Crippen molar-refractivity contribution >= 4 is 28.2 Å². The molecule has 0 bridgehead atoms. The predicted molar refractivity (Wildman–Crippen MR) is 125 cm³/mol. The second-order valence-electron chi connectivity index (χ2n) is 8.21. The van der Waals surface area contributed by atoms with Crippen LogP contribution in [0.2, 0.25) is 0 Å². The number of nitrogens with one attached hydrogen (secondary N) is 2. The van der Waals surface area contributed by atoms with Crippen LogP contribution in [-0.4, -0.2) is 21.5 Å². The van der Waals surface area contributed by atoms with Crippen LogP contribution in [0, 0.1) is 25.6 Å². The summed E-state index contributed by atoms with van der Waals surface area (Å²) in [5.74, 6) is 0.161. The van der Waals surface area contributed by atoms with Gasteiger partial charge in [-0.05, 0) is 84.4 Å². The number of nitrogens with zero attached hydrogens (tertiary/aromatic N) is 1. The van der Waals surface area contributed by atoms with E-state index in [1.807, 2.05) is 24.0 Å². The van der Waals surface area contributed by atoms with Crippen molar-refractivity contribution in [2.75, 3.05) is 6.54 Å². The number of H-pyrrole nitrogens is 1. The molecule has 2 aromatic carbocycles. The minimum atomic E-state index is -0.276. The molecule has 0 saturated carbocycles. The molecule has 0 spiro atoms. The Morgan fingerprint density at radius 3 is 2.43 bits per heavy atom. The maximum atomic E-state index is 13.3. The second kappa shape index (κ2) is 9.39. The number of rotatable bonds is 6. The third-order valence-electron chi connectivity index (χ3n) is 5.13. The molecular weight excluding hydrogens is 397 g/mol. The van der Waals surface area contributed by atoms with Gasteiger partial charge in [-0.3, -0.25) is 4.79 Å². The van der Waals surface area contributed by atoms with E-state index in [2.05, 4.69) is 37.1 Å². The molecule has 30 heavy (non-hydrogen) atoms. The molecule has 0 atom stereocenters. The van der Waals surface area contributed by atoms with Gasteiger partial charge in [-0.25, -0.2) is 4.39 Å². The third-order valence-corrected chi connectivity index (χ3v) is 5.53. The third kappa shape index (κ3) is 5.45. The lowest BCUT2D eigenvalue weighted by molar-refractivity contribution is 0.394. The highest BCUT2D eigenvalue weighted by molar-refractivity contribution is 7.80. The van der Waals surface area contributed by atoms with Crippen molar-refractivity contribution in [1.82, 2.24) is 15.2 Å². The Hall–Kier alpha value is -2.73. The van der Waals surface area contributed by atoms with E-state index in [0.29, 0.717) is 29.7 Å². The Balaban J connectivity index is 1.91. The Labute approximate surface area is 182 Å². The fourth-order valence-electron chi connectivity index (χ4n) is 3.26. The molecule has 0 unspecified atom stereocenters. The molecule has 0 aliphatic heterocycles. The van der Waals surface area contributed by atoms with Crippen molar-refractivity contribution in [3.63, 3.8) is 0 Å². The van der Waals surface area contributed by atoms with Crippen molar-refractivity contribution in [2.45, 2.75) is 40.8 Å². The van der Waals surface area contributed by atoms with E-state index in [1.165, 1.54) is 17.7 Å². The first kappa shape index (κ1) is 22.0. The molecule has 3 rings (SSSR count). The Morgan fingerprint density at radius 1 is 1.10 bits per heavy atom. The summed E-state index contributed by atoms with van der Waals surface area (Å²) < 4.78 is 13.3. The summed E-state index contributed by atoms with van der Waals surface area (Å²) in [5, 5.41) is 4.85. The highest BCUT2D eigenvalue weighted by Gasteiger charge is 2.15. The smallest absolute Gasteiger partial charge is 0.253 e. The van der Waals surface area contributed by atoms with E-state index in [1.54, 1.807) is 12.1 Å². The molecule has 1 heterocycles. The van der Waals surface area contributed by atoms with Crippen LogP contribution in [0.1, 0.15) is 36.1 Å². The summed E-state index contributed by atoms with van der Waals surface area (Å²) in [7, 11) is 0. The van der Waals surface area contributed by atoms with Crippen molar-refractivity contribution in [1.29, 1.82) is 0 Å². The molecule has 3 aromatic rings. The molecule has 158 valence electrons. The summed E-state index contributed by atoms with van der Waals surface area (Å²) >= 11 is 5.62. The zero-order valence-electron chi connectivity index (χ0n) is 17.9. The summed E-state index contributed by atoms with van der Waals surface area (Å²) in [6.07, 6.45) is 0. The number of thiocarbonyl (C=S) groups is 1. The van der Waals surface area contributed by atoms with E-state index in [0.717, 1.165) is 28.6 Å². The van der Waals surface area contributed by atoms with Crippen molar-refractivity contribution in [2.24, 2.45) is 5.92 Å². The van der Waals surface area contributed by atoms with Crippen LogP contribution in [0.4, 0.5) is 4.39 Å². The summed E-state index contributed by atoms with van der Waals surface area (Å²) in [4.78, 5) is 17.7. The number of aromatic amines is 1. The van der Waals surface area contributed by atoms with Gasteiger partial charge in [-0.15, -0.1) is 0 Å². The van der Waals surface area contributed by atoms with Gasteiger partial charge < -0.3 is 15.2 Å². The number of aromatic nitrogens is 1. The van der Waals surface area contributed by atoms with Crippen molar-refractivity contribution in [3.8, 4) is 0 Å². The highest BCUT2D eigenvalue weighted by atomic mass is 32.1. The number of hydrogen-bond acceptors (Lipinski definition) is 2. The topological polar surface area (TPSA) is 48.1 Å². The number of fused-ring (bicyclic) bond motifs is 1. The number of halogens is 1. The normalized spacial score (nSPS) is 11.1. The van der Waals surface area contributed by atoms with Crippen molar-refractivity contribution < 1.29 is 4.39 Å². The Bertz CT molecular complexity index is 1110. The fourth-order valence-corrected chi connectivity index (χ4v) is 3.47. The maximum Gasteiger partial charge on any atom is 0.253 e. The van der Waals surface area contributed by atoms with E-state index >= 15 is 0 Å². The van der Waals surface area contributed by atoms with Crippen LogP contribution < -0.4 is 10.9 Å². The van der Waals surface area contributed by atoms with E-state index < -0.39 is 0 Å². The summed E-state index contributed by atoms with van der Waals surface area (Å²) in [6, 6.07) is 12.4. The molecule has 6 heteroatoms. The molecule has 2 N–H and O–H groups in total. The minimum absolute atomic E-state index is 0.124. The van der Waals surface area contributed by atoms with E-state index in [9.17, 15) is 9.18 Å². The highest BCUT2D eigenvalue weighted by Crippen LogP contribution is 2.18. The molecule has 0 aliphatic carbocycles. The standard InChI is InChI=1S/C24H28FN3OS/c1-15(2)12-26-24(30)28(13-18-5-7-21(25)8-6-18)14-20-11-19-9-16(3)17(4)10-22(19)27-23(20)29/h5-11,15H,12-14H2,1-4H3,(H,26,30)(H,27,29). The summed E-state index contributed by atoms with van der Waals surface area (Å²) in [5.41, 5.74) is 4.59. The van der Waals surface area contributed by atoms with Crippen LogP contribution in [-0.2, 0) is 13.1 Å². The lowest BCUT2D eigenvalue weighted by atomic mass is 10.0. The number of benzene rings is 2. The van der Waals surface area contributed by atoms with Crippen LogP contribution in [0.5, 0.6) is 0 Å². The number of aryl methyl sites for hydroxylation is 2. The predicted octanol–water partition coefficient (Wildman–Crippen LogP) is 4.82. The van der Waals surface area contributed by atoms with E-state index in [4.69, 9.17) is 12.2 Å². The quantitative estimate of drug-likeness (QED) is 0.556. The van der Waals surface area contributed by atoms with Gasteiger partial charge in [0.25, 0.3) is 5.56 Å². The molecule has 0 aliphatic rings. The molecule has 0 amide bonds. The van der Waals surface area contributed by atoms with Gasteiger partial charge in [0.15, 0.2) is 5.11 Å². The first-order valence-corrected chi connectivity index (χ1v) is 10.5. The molecular formula is C24H28FN3OS. The SMILES string of the molecule is Cc1cc2cc(CN(Cc3ccc(F)cc3)C(=S)NCC(C)C)c(=O)[nH]c2cc1C. The zero-order valence-corrected chi connectivity index (χ0v) is 18.7. The van der Waals surface area contributed by atoms with Crippen molar-refractivity contribution in [3.05, 3.63) is 80.9 Å². The van der Waals surface area contributed by atoms with Gasteiger partial charge in [0.05, 0.1) is 6.54 Å². The largest absolute Gasteiger partial charge is 0.362 e. The van der Waals surface area contributed by atoms with Crippen LogP contribution in [0.3, 0.4) is 0 Å². The van der Waals surface area contributed by atoms with Gasteiger partial charge in [-0.1, -0.05) is 26.0 Å². The first-order chi connectivity index (χ1) is 14.2. The van der Waals surface area contributed by atoms with Crippen LogP contribution >= 0.6 is 12.2 Å². The van der Waals surface area contributed by atoms with Gasteiger partial charge in [0, 0.05) is 24.2 Å². The van der Waals surface area contributed by atoms with Gasteiger partial charge in [-0.2, -0.15) is 0 Å². The maximum absolute atomic E-state index is 13.3. The zero-order chi connectivity index (χ0) is 21.8. The van der Waals surface area contributed by atoms with Gasteiger partial charge in [0.1, 0.15) is 5.82 Å².